The number of carbonyl (C=O) groups excluding carboxylic acids is 2. The Morgan fingerprint density at radius 2 is 1.59 bits per heavy atom. The summed E-state index contributed by atoms with van der Waals surface area (Å²) >= 11 is 1.17. The van der Waals surface area contributed by atoms with Crippen molar-refractivity contribution < 1.29 is 14.3 Å². The summed E-state index contributed by atoms with van der Waals surface area (Å²) in [6.07, 6.45) is 3.57. The van der Waals surface area contributed by atoms with Crippen LogP contribution in [0.2, 0.25) is 0 Å². The number of Topliss-reactive ketones (excluding diaryl/α,β-unsaturated/α-hetero) is 1. The van der Waals surface area contributed by atoms with Crippen LogP contribution in [0.25, 0.3) is 0 Å². The molecule has 0 aliphatic rings. The topological polar surface area (TPSA) is 56.3 Å². The zero-order chi connectivity index (χ0) is 19.1. The Kier molecular flexibility index (Phi) is 6.39. The Balaban J connectivity index is 1.79. The molecule has 1 unspecified atom stereocenters. The summed E-state index contributed by atoms with van der Waals surface area (Å²) in [7, 11) is 1.59. The van der Waals surface area contributed by atoms with Gasteiger partial charge in [-0.1, -0.05) is 42.1 Å². The average molecular weight is 377 g/mol. The van der Waals surface area contributed by atoms with Gasteiger partial charge in [0.15, 0.2) is 5.78 Å². The van der Waals surface area contributed by atoms with Crippen LogP contribution in [0.15, 0.2) is 79.1 Å². The Hall–Kier alpha value is -2.92. The van der Waals surface area contributed by atoms with Gasteiger partial charge in [-0.3, -0.25) is 14.6 Å². The smallest absolute Gasteiger partial charge is 0.219 e. The molecule has 0 saturated carbocycles. The molecule has 3 rings (SSSR count). The van der Waals surface area contributed by atoms with Crippen LogP contribution in [-0.2, 0) is 0 Å². The fourth-order valence-electron chi connectivity index (χ4n) is 2.64. The van der Waals surface area contributed by atoms with Gasteiger partial charge in [0.2, 0.25) is 5.12 Å². The zero-order valence-electron chi connectivity index (χ0n) is 14.9. The van der Waals surface area contributed by atoms with E-state index in [2.05, 4.69) is 4.98 Å². The van der Waals surface area contributed by atoms with Crippen molar-refractivity contribution in [3.05, 3.63) is 95.8 Å². The number of ether oxygens (including phenoxy) is 1. The SMILES string of the molecule is COc1ccc(C(=O)CC(SC(=O)c2ccccc2)c2ccncc2)cc1. The van der Waals surface area contributed by atoms with Crippen molar-refractivity contribution in [2.75, 3.05) is 7.11 Å². The predicted octanol–water partition coefficient (Wildman–Crippen LogP) is 4.98. The van der Waals surface area contributed by atoms with Crippen molar-refractivity contribution in [3.63, 3.8) is 0 Å². The van der Waals surface area contributed by atoms with E-state index in [0.717, 1.165) is 5.56 Å². The molecule has 2 aromatic carbocycles. The fourth-order valence-corrected chi connectivity index (χ4v) is 3.70. The van der Waals surface area contributed by atoms with E-state index in [1.807, 2.05) is 30.3 Å². The lowest BCUT2D eigenvalue weighted by Crippen LogP contribution is -2.08. The summed E-state index contributed by atoms with van der Waals surface area (Å²) in [5.74, 6) is 0.679. The number of pyridine rings is 1. The molecule has 136 valence electrons. The van der Waals surface area contributed by atoms with Crippen molar-refractivity contribution in [1.82, 2.24) is 4.98 Å². The molecule has 0 saturated heterocycles. The Morgan fingerprint density at radius 1 is 0.926 bits per heavy atom. The van der Waals surface area contributed by atoms with E-state index >= 15 is 0 Å². The number of benzene rings is 2. The molecule has 0 aliphatic heterocycles. The summed E-state index contributed by atoms with van der Waals surface area (Å²) in [5.41, 5.74) is 2.13. The van der Waals surface area contributed by atoms with E-state index in [9.17, 15) is 9.59 Å². The highest BCUT2D eigenvalue weighted by Gasteiger charge is 2.22. The summed E-state index contributed by atoms with van der Waals surface area (Å²) < 4.78 is 5.13. The first-order valence-electron chi connectivity index (χ1n) is 8.50. The van der Waals surface area contributed by atoms with Gasteiger partial charge in [0.05, 0.1) is 7.11 Å². The Bertz CT molecular complexity index is 896. The van der Waals surface area contributed by atoms with Crippen LogP contribution in [0.5, 0.6) is 5.75 Å². The van der Waals surface area contributed by atoms with Crippen molar-refractivity contribution in [2.45, 2.75) is 11.7 Å². The lowest BCUT2D eigenvalue weighted by Gasteiger charge is -2.15. The first-order valence-corrected chi connectivity index (χ1v) is 9.38. The minimum Gasteiger partial charge on any atom is -0.497 e. The van der Waals surface area contributed by atoms with Crippen LogP contribution in [0.1, 0.15) is 38.0 Å². The zero-order valence-corrected chi connectivity index (χ0v) is 15.7. The molecule has 0 spiro atoms. The summed E-state index contributed by atoms with van der Waals surface area (Å²) in [6, 6.07) is 19.8. The number of rotatable bonds is 7. The van der Waals surface area contributed by atoms with Crippen LogP contribution in [0, 0.1) is 0 Å². The summed E-state index contributed by atoms with van der Waals surface area (Å²) in [5, 5.41) is -0.338. The standard InChI is InChI=1S/C22H19NO3S/c1-26-19-9-7-16(8-10-19)20(24)15-21(17-11-13-23-14-12-17)27-22(25)18-5-3-2-4-6-18/h2-14,21H,15H2,1H3. The second kappa shape index (κ2) is 9.14. The number of hydrogen-bond acceptors (Lipinski definition) is 5. The number of hydrogen-bond donors (Lipinski definition) is 0. The number of methoxy groups -OCH3 is 1. The molecule has 5 heteroatoms. The van der Waals surface area contributed by atoms with Crippen molar-refractivity contribution in [3.8, 4) is 5.75 Å². The molecule has 1 heterocycles. The second-order valence-electron chi connectivity index (χ2n) is 5.90. The number of thioether (sulfide) groups is 1. The Morgan fingerprint density at radius 3 is 2.22 bits per heavy atom. The molecule has 0 fully saturated rings. The monoisotopic (exact) mass is 377 g/mol. The highest BCUT2D eigenvalue weighted by atomic mass is 32.2. The van der Waals surface area contributed by atoms with Gasteiger partial charge in [-0.15, -0.1) is 0 Å². The van der Waals surface area contributed by atoms with E-state index in [0.29, 0.717) is 16.9 Å². The molecular formula is C22H19NO3S. The van der Waals surface area contributed by atoms with Gasteiger partial charge in [0.25, 0.3) is 0 Å². The molecule has 0 N–H and O–H groups in total. The normalized spacial score (nSPS) is 11.6. The van der Waals surface area contributed by atoms with E-state index in [4.69, 9.17) is 4.74 Å². The highest BCUT2D eigenvalue weighted by molar-refractivity contribution is 8.14. The number of ketones is 1. The summed E-state index contributed by atoms with van der Waals surface area (Å²) in [6.45, 7) is 0. The molecule has 1 aromatic heterocycles. The van der Waals surface area contributed by atoms with Crippen LogP contribution < -0.4 is 4.74 Å². The van der Waals surface area contributed by atoms with Crippen LogP contribution in [0.3, 0.4) is 0 Å². The molecule has 0 aliphatic carbocycles. The predicted molar refractivity (Wildman–Crippen MR) is 107 cm³/mol. The van der Waals surface area contributed by atoms with Gasteiger partial charge >= 0.3 is 0 Å². The number of nitrogens with zero attached hydrogens (tertiary/aromatic N) is 1. The molecular weight excluding hydrogens is 358 g/mol. The van der Waals surface area contributed by atoms with E-state index in [1.54, 1.807) is 55.9 Å². The summed E-state index contributed by atoms with van der Waals surface area (Å²) in [4.78, 5) is 29.4. The Labute approximate surface area is 162 Å². The van der Waals surface area contributed by atoms with E-state index in [-0.39, 0.29) is 22.6 Å². The molecule has 27 heavy (non-hydrogen) atoms. The number of carbonyl (C=O) groups is 2. The van der Waals surface area contributed by atoms with Gasteiger partial charge in [-0.25, -0.2) is 0 Å². The van der Waals surface area contributed by atoms with Gasteiger partial charge in [0.1, 0.15) is 5.75 Å². The van der Waals surface area contributed by atoms with Gasteiger partial charge < -0.3 is 4.74 Å². The molecule has 0 amide bonds. The average Bonchev–Trinajstić information content (AvgIpc) is 2.74. The van der Waals surface area contributed by atoms with Gasteiger partial charge in [-0.2, -0.15) is 0 Å². The minimum atomic E-state index is -0.282. The number of aromatic nitrogens is 1. The third-order valence-corrected chi connectivity index (χ3v) is 5.29. The van der Waals surface area contributed by atoms with E-state index in [1.165, 1.54) is 11.8 Å². The van der Waals surface area contributed by atoms with Crippen molar-refractivity contribution in [2.24, 2.45) is 0 Å². The third kappa shape index (κ3) is 5.05. The van der Waals surface area contributed by atoms with Crippen LogP contribution in [-0.4, -0.2) is 23.0 Å². The molecule has 1 atom stereocenters. The lowest BCUT2D eigenvalue weighted by atomic mass is 10.0. The maximum Gasteiger partial charge on any atom is 0.219 e. The second-order valence-corrected chi connectivity index (χ2v) is 7.07. The highest BCUT2D eigenvalue weighted by Crippen LogP contribution is 2.35. The van der Waals surface area contributed by atoms with E-state index < -0.39 is 0 Å². The molecule has 3 aromatic rings. The molecule has 0 bridgehead atoms. The van der Waals surface area contributed by atoms with Crippen molar-refractivity contribution >= 4 is 22.7 Å². The van der Waals surface area contributed by atoms with Crippen LogP contribution >= 0.6 is 11.8 Å². The van der Waals surface area contributed by atoms with Crippen molar-refractivity contribution in [1.29, 1.82) is 0 Å². The largest absolute Gasteiger partial charge is 0.497 e. The maximum atomic E-state index is 12.8. The molecule has 4 nitrogen and oxygen atoms in total. The maximum absolute atomic E-state index is 12.8. The lowest BCUT2D eigenvalue weighted by molar-refractivity contribution is 0.0982. The van der Waals surface area contributed by atoms with Gasteiger partial charge in [-0.05, 0) is 42.0 Å². The van der Waals surface area contributed by atoms with Gasteiger partial charge in [0, 0.05) is 35.2 Å². The minimum absolute atomic E-state index is 0.0205. The first-order chi connectivity index (χ1) is 13.2. The third-order valence-electron chi connectivity index (χ3n) is 4.12. The molecule has 0 radical (unpaired) electrons. The first kappa shape index (κ1) is 18.9. The quantitative estimate of drug-likeness (QED) is 0.544. The van der Waals surface area contributed by atoms with Crippen LogP contribution in [0.4, 0.5) is 0 Å². The fraction of sp³-hybridized carbons (Fsp3) is 0.136.